The first-order valence-corrected chi connectivity index (χ1v) is 6.78. The van der Waals surface area contributed by atoms with Crippen LogP contribution in [0.5, 0.6) is 0 Å². The Bertz CT molecular complexity index is 457. The molecule has 2 fully saturated rings. The maximum Gasteiger partial charge on any atom is 0.310 e. The zero-order valence-electron chi connectivity index (χ0n) is 11.2. The maximum absolute atomic E-state index is 11.4. The Hall–Kier alpha value is -1.55. The van der Waals surface area contributed by atoms with E-state index in [4.69, 9.17) is 9.47 Å². The summed E-state index contributed by atoms with van der Waals surface area (Å²) in [5.74, 6) is -0.162. The second kappa shape index (κ2) is 4.85. The fourth-order valence-corrected chi connectivity index (χ4v) is 2.72. The Morgan fingerprint density at radius 3 is 2.53 bits per heavy atom. The lowest BCUT2D eigenvalue weighted by atomic mass is 9.78. The van der Waals surface area contributed by atoms with Crippen LogP contribution in [-0.2, 0) is 20.7 Å². The molecule has 0 N–H and O–H groups in total. The molecule has 4 heteroatoms. The molecule has 2 aliphatic rings. The minimum absolute atomic E-state index is 0.162. The molecule has 0 radical (unpaired) electrons. The van der Waals surface area contributed by atoms with Crippen molar-refractivity contribution >= 4 is 11.7 Å². The van der Waals surface area contributed by atoms with Crippen LogP contribution in [0, 0.1) is 5.41 Å². The van der Waals surface area contributed by atoms with Crippen molar-refractivity contribution in [2.45, 2.75) is 13.3 Å². The normalized spacial score (nSPS) is 19.7. The average Bonchev–Trinajstić information content (AvgIpc) is 2.28. The lowest BCUT2D eigenvalue weighted by Gasteiger charge is -2.56. The Morgan fingerprint density at radius 2 is 2.00 bits per heavy atom. The second-order valence-electron chi connectivity index (χ2n) is 5.50. The molecule has 4 nitrogen and oxygen atoms in total. The molecule has 0 amide bonds. The molecule has 102 valence electrons. The molecule has 1 aromatic rings. The summed E-state index contributed by atoms with van der Waals surface area (Å²) in [4.78, 5) is 13.7. The molecule has 0 atom stereocenters. The summed E-state index contributed by atoms with van der Waals surface area (Å²) in [6.07, 6.45) is 0.353. The molecular weight excluding hydrogens is 242 g/mol. The third kappa shape index (κ3) is 2.45. The van der Waals surface area contributed by atoms with Crippen molar-refractivity contribution in [2.24, 2.45) is 5.41 Å². The molecule has 0 bridgehead atoms. The van der Waals surface area contributed by atoms with Gasteiger partial charge in [-0.3, -0.25) is 4.79 Å². The van der Waals surface area contributed by atoms with Crippen molar-refractivity contribution in [2.75, 3.05) is 37.8 Å². The number of hydrogen-bond acceptors (Lipinski definition) is 4. The van der Waals surface area contributed by atoms with Gasteiger partial charge in [0.15, 0.2) is 0 Å². The number of rotatable bonds is 4. The smallest absolute Gasteiger partial charge is 0.310 e. The number of nitrogens with zero attached hydrogens (tertiary/aromatic N) is 1. The number of anilines is 1. The van der Waals surface area contributed by atoms with Crippen molar-refractivity contribution in [3.8, 4) is 0 Å². The number of carbonyl (C=O) groups is 1. The highest BCUT2D eigenvalue weighted by molar-refractivity contribution is 5.72. The van der Waals surface area contributed by atoms with Gasteiger partial charge in [-0.2, -0.15) is 0 Å². The standard InChI is InChI=1S/C15H19NO3/c1-2-19-14(17)7-12-3-5-13(6-4-12)16-8-15(9-16)10-18-11-15/h3-6H,2,7-11H2,1H3. The molecule has 0 unspecified atom stereocenters. The van der Waals surface area contributed by atoms with Crippen molar-refractivity contribution in [3.05, 3.63) is 29.8 Å². The molecule has 1 spiro atoms. The summed E-state index contributed by atoms with van der Waals surface area (Å²) < 4.78 is 10.2. The van der Waals surface area contributed by atoms with Crippen LogP contribution in [0.1, 0.15) is 12.5 Å². The fraction of sp³-hybridized carbons (Fsp3) is 0.533. The van der Waals surface area contributed by atoms with Crippen LogP contribution < -0.4 is 4.90 Å². The van der Waals surface area contributed by atoms with E-state index in [0.717, 1.165) is 31.9 Å². The van der Waals surface area contributed by atoms with Gasteiger partial charge in [-0.05, 0) is 24.6 Å². The van der Waals surface area contributed by atoms with Gasteiger partial charge in [0, 0.05) is 18.8 Å². The van der Waals surface area contributed by atoms with E-state index in [2.05, 4.69) is 17.0 Å². The lowest BCUT2D eigenvalue weighted by molar-refractivity contribution is -0.142. The largest absolute Gasteiger partial charge is 0.466 e. The molecule has 2 heterocycles. The Balaban J connectivity index is 1.56. The molecule has 2 aliphatic heterocycles. The number of hydrogen-bond donors (Lipinski definition) is 0. The average molecular weight is 261 g/mol. The van der Waals surface area contributed by atoms with Crippen LogP contribution in [0.25, 0.3) is 0 Å². The maximum atomic E-state index is 11.4. The predicted octanol–water partition coefficient (Wildman–Crippen LogP) is 1.63. The van der Waals surface area contributed by atoms with Gasteiger partial charge in [-0.25, -0.2) is 0 Å². The van der Waals surface area contributed by atoms with E-state index in [1.165, 1.54) is 5.69 Å². The second-order valence-corrected chi connectivity index (χ2v) is 5.50. The van der Waals surface area contributed by atoms with Gasteiger partial charge in [0.25, 0.3) is 0 Å². The first kappa shape index (κ1) is 12.5. The van der Waals surface area contributed by atoms with Gasteiger partial charge in [-0.15, -0.1) is 0 Å². The zero-order chi connectivity index (χ0) is 13.3. The van der Waals surface area contributed by atoms with Crippen LogP contribution in [0.15, 0.2) is 24.3 Å². The number of carbonyl (C=O) groups excluding carboxylic acids is 1. The van der Waals surface area contributed by atoms with Crippen LogP contribution in [0.3, 0.4) is 0 Å². The van der Waals surface area contributed by atoms with Crippen molar-refractivity contribution in [1.29, 1.82) is 0 Å². The van der Waals surface area contributed by atoms with Gasteiger partial charge in [0.2, 0.25) is 0 Å². The predicted molar refractivity (Wildman–Crippen MR) is 72.2 cm³/mol. The molecule has 1 aromatic carbocycles. The SMILES string of the molecule is CCOC(=O)Cc1ccc(N2CC3(COC3)C2)cc1. The summed E-state index contributed by atoms with van der Waals surface area (Å²) >= 11 is 0. The molecular formula is C15H19NO3. The first-order valence-electron chi connectivity index (χ1n) is 6.78. The van der Waals surface area contributed by atoms with E-state index in [1.807, 2.05) is 19.1 Å². The highest BCUT2D eigenvalue weighted by Gasteiger charge is 2.48. The van der Waals surface area contributed by atoms with E-state index in [9.17, 15) is 4.79 Å². The first-order chi connectivity index (χ1) is 9.21. The van der Waals surface area contributed by atoms with Crippen LogP contribution in [0.2, 0.25) is 0 Å². The molecule has 2 saturated heterocycles. The Labute approximate surface area is 113 Å². The van der Waals surface area contributed by atoms with Crippen molar-refractivity contribution in [1.82, 2.24) is 0 Å². The number of esters is 1. The molecule has 3 rings (SSSR count). The summed E-state index contributed by atoms with van der Waals surface area (Å²) in [6.45, 7) is 6.25. The van der Waals surface area contributed by atoms with Crippen molar-refractivity contribution in [3.63, 3.8) is 0 Å². The van der Waals surface area contributed by atoms with Gasteiger partial charge >= 0.3 is 5.97 Å². The molecule has 0 saturated carbocycles. The van der Waals surface area contributed by atoms with Gasteiger partial charge < -0.3 is 14.4 Å². The summed E-state index contributed by atoms with van der Waals surface area (Å²) in [5.41, 5.74) is 2.67. The Kier molecular flexibility index (Phi) is 3.19. The van der Waals surface area contributed by atoms with Gasteiger partial charge in [-0.1, -0.05) is 12.1 Å². The van der Waals surface area contributed by atoms with Crippen LogP contribution in [-0.4, -0.2) is 38.9 Å². The van der Waals surface area contributed by atoms with E-state index in [0.29, 0.717) is 18.4 Å². The third-order valence-electron chi connectivity index (χ3n) is 3.82. The third-order valence-corrected chi connectivity index (χ3v) is 3.82. The minimum Gasteiger partial charge on any atom is -0.466 e. The quantitative estimate of drug-likeness (QED) is 0.772. The topological polar surface area (TPSA) is 38.8 Å². The molecule has 0 aliphatic carbocycles. The summed E-state index contributed by atoms with van der Waals surface area (Å²) in [6, 6.07) is 8.19. The summed E-state index contributed by atoms with van der Waals surface area (Å²) in [5, 5.41) is 0. The van der Waals surface area contributed by atoms with E-state index >= 15 is 0 Å². The van der Waals surface area contributed by atoms with Gasteiger partial charge in [0.1, 0.15) is 0 Å². The molecule has 19 heavy (non-hydrogen) atoms. The monoisotopic (exact) mass is 261 g/mol. The Morgan fingerprint density at radius 1 is 1.32 bits per heavy atom. The van der Waals surface area contributed by atoms with Crippen LogP contribution >= 0.6 is 0 Å². The minimum atomic E-state index is -0.162. The van der Waals surface area contributed by atoms with E-state index in [-0.39, 0.29) is 5.97 Å². The highest BCUT2D eigenvalue weighted by atomic mass is 16.5. The fourth-order valence-electron chi connectivity index (χ4n) is 2.72. The van der Waals surface area contributed by atoms with Gasteiger partial charge in [0.05, 0.1) is 31.7 Å². The van der Waals surface area contributed by atoms with E-state index < -0.39 is 0 Å². The number of ether oxygens (including phenoxy) is 2. The zero-order valence-corrected chi connectivity index (χ0v) is 11.2. The van der Waals surface area contributed by atoms with Crippen LogP contribution in [0.4, 0.5) is 5.69 Å². The van der Waals surface area contributed by atoms with E-state index in [1.54, 1.807) is 0 Å². The van der Waals surface area contributed by atoms with Crippen molar-refractivity contribution < 1.29 is 14.3 Å². The lowest BCUT2D eigenvalue weighted by Crippen LogP contribution is -2.66. The highest BCUT2D eigenvalue weighted by Crippen LogP contribution is 2.40. The number of benzene rings is 1. The summed E-state index contributed by atoms with van der Waals surface area (Å²) in [7, 11) is 0. The molecule has 0 aromatic heterocycles.